The fourth-order valence-electron chi connectivity index (χ4n) is 3.54. The molecule has 1 amide bonds. The van der Waals surface area contributed by atoms with Gasteiger partial charge in [0.05, 0.1) is 12.5 Å². The minimum absolute atomic E-state index is 0.108. The van der Waals surface area contributed by atoms with Crippen LogP contribution in [-0.4, -0.2) is 70.2 Å². The second-order valence-corrected chi connectivity index (χ2v) is 6.52. The number of rotatable bonds is 4. The van der Waals surface area contributed by atoms with Crippen LogP contribution in [0.2, 0.25) is 0 Å². The summed E-state index contributed by atoms with van der Waals surface area (Å²) in [5, 5.41) is 9.54. The summed E-state index contributed by atoms with van der Waals surface area (Å²) in [6.45, 7) is 4.81. The Bertz CT molecular complexity index is 468. The zero-order valence-electron chi connectivity index (χ0n) is 13.3. The van der Waals surface area contributed by atoms with Crippen LogP contribution in [0.1, 0.15) is 31.5 Å². The van der Waals surface area contributed by atoms with Crippen molar-refractivity contribution in [2.75, 3.05) is 33.2 Å². The molecule has 7 nitrogen and oxygen atoms in total. The molecule has 0 radical (unpaired) electrons. The van der Waals surface area contributed by atoms with Crippen molar-refractivity contribution in [2.24, 2.45) is 5.92 Å². The standard InChI is InChI=1S/C15H26N6O/c1-20-7-4-13(5-8-20)21-6-2-3-12(10-21)15(22)16-9-14-17-11-18-19-14/h11-13H,2-10H2,1H3,(H,16,22)(H,17,18,19)/t12-/m1/s1. The molecular weight excluding hydrogens is 280 g/mol. The summed E-state index contributed by atoms with van der Waals surface area (Å²) in [5.74, 6) is 0.960. The molecule has 0 saturated carbocycles. The molecule has 22 heavy (non-hydrogen) atoms. The van der Waals surface area contributed by atoms with Crippen molar-refractivity contribution in [2.45, 2.75) is 38.3 Å². The van der Waals surface area contributed by atoms with Gasteiger partial charge in [-0.05, 0) is 52.4 Å². The van der Waals surface area contributed by atoms with Crippen molar-refractivity contribution < 1.29 is 4.79 Å². The largest absolute Gasteiger partial charge is 0.349 e. The number of aromatic amines is 1. The normalized spacial score (nSPS) is 25.2. The van der Waals surface area contributed by atoms with Crippen LogP contribution < -0.4 is 5.32 Å². The Morgan fingerprint density at radius 1 is 1.36 bits per heavy atom. The van der Waals surface area contributed by atoms with Gasteiger partial charge in [0.25, 0.3) is 0 Å². The Hall–Kier alpha value is -1.47. The Morgan fingerprint density at radius 2 is 2.18 bits per heavy atom. The predicted molar refractivity (Wildman–Crippen MR) is 83.0 cm³/mol. The van der Waals surface area contributed by atoms with E-state index < -0.39 is 0 Å². The van der Waals surface area contributed by atoms with Crippen LogP contribution in [0.3, 0.4) is 0 Å². The summed E-state index contributed by atoms with van der Waals surface area (Å²) in [4.78, 5) is 21.3. The van der Waals surface area contributed by atoms with Crippen LogP contribution in [0.4, 0.5) is 0 Å². The maximum absolute atomic E-state index is 12.4. The summed E-state index contributed by atoms with van der Waals surface area (Å²) in [6, 6.07) is 0.654. The van der Waals surface area contributed by atoms with Crippen LogP contribution >= 0.6 is 0 Å². The van der Waals surface area contributed by atoms with Crippen LogP contribution in [0.5, 0.6) is 0 Å². The molecule has 0 bridgehead atoms. The van der Waals surface area contributed by atoms with Gasteiger partial charge in [0.15, 0.2) is 0 Å². The van der Waals surface area contributed by atoms with Gasteiger partial charge in [-0.15, -0.1) is 0 Å². The zero-order valence-corrected chi connectivity index (χ0v) is 13.3. The Labute approximate surface area is 131 Å². The topological polar surface area (TPSA) is 77.2 Å². The lowest BCUT2D eigenvalue weighted by molar-refractivity contribution is -0.127. The number of nitrogens with one attached hydrogen (secondary N) is 2. The Balaban J connectivity index is 1.48. The molecule has 0 unspecified atom stereocenters. The third-order valence-electron chi connectivity index (χ3n) is 4.92. The summed E-state index contributed by atoms with van der Waals surface area (Å²) in [6.07, 6.45) is 6.02. The van der Waals surface area contributed by atoms with Gasteiger partial charge in [-0.3, -0.25) is 14.8 Å². The summed E-state index contributed by atoms with van der Waals surface area (Å²) < 4.78 is 0. The van der Waals surface area contributed by atoms with Gasteiger partial charge < -0.3 is 10.2 Å². The van der Waals surface area contributed by atoms with Gasteiger partial charge in [-0.2, -0.15) is 5.10 Å². The molecular formula is C15H26N6O. The number of aromatic nitrogens is 3. The molecule has 122 valence electrons. The first-order chi connectivity index (χ1) is 10.7. The lowest BCUT2D eigenvalue weighted by atomic mass is 9.93. The van der Waals surface area contributed by atoms with Crippen LogP contribution in [0.15, 0.2) is 6.33 Å². The lowest BCUT2D eigenvalue weighted by Gasteiger charge is -2.41. The van der Waals surface area contributed by atoms with Crippen molar-refractivity contribution in [3.8, 4) is 0 Å². The molecule has 2 aliphatic rings. The van der Waals surface area contributed by atoms with Crippen LogP contribution in [0, 0.1) is 5.92 Å². The van der Waals surface area contributed by atoms with Gasteiger partial charge in [0, 0.05) is 12.6 Å². The average Bonchev–Trinajstić information content (AvgIpc) is 3.07. The van der Waals surface area contributed by atoms with Crippen molar-refractivity contribution in [3.63, 3.8) is 0 Å². The van der Waals surface area contributed by atoms with Crippen LogP contribution in [-0.2, 0) is 11.3 Å². The number of likely N-dealkylation sites (tertiary alicyclic amines) is 2. The molecule has 1 atom stereocenters. The molecule has 1 aromatic rings. The molecule has 2 saturated heterocycles. The molecule has 3 heterocycles. The third-order valence-corrected chi connectivity index (χ3v) is 4.92. The van der Waals surface area contributed by atoms with Crippen molar-refractivity contribution in [1.82, 2.24) is 30.3 Å². The van der Waals surface area contributed by atoms with Gasteiger partial charge >= 0.3 is 0 Å². The second-order valence-electron chi connectivity index (χ2n) is 6.52. The van der Waals surface area contributed by atoms with E-state index in [1.165, 1.54) is 32.3 Å². The molecule has 0 aliphatic carbocycles. The predicted octanol–water partition coefficient (Wildman–Crippen LogP) is 0.227. The Kier molecular flexibility index (Phi) is 5.04. The fraction of sp³-hybridized carbons (Fsp3) is 0.800. The van der Waals surface area contributed by atoms with E-state index in [1.54, 1.807) is 0 Å². The number of carbonyl (C=O) groups excluding carboxylic acids is 1. The minimum Gasteiger partial charge on any atom is -0.349 e. The molecule has 0 aromatic carbocycles. The number of amides is 1. The second kappa shape index (κ2) is 7.19. The summed E-state index contributed by atoms with van der Waals surface area (Å²) >= 11 is 0. The average molecular weight is 306 g/mol. The van der Waals surface area contributed by atoms with Crippen LogP contribution in [0.25, 0.3) is 0 Å². The van der Waals surface area contributed by atoms with Gasteiger partial charge in [-0.1, -0.05) is 0 Å². The van der Waals surface area contributed by atoms with E-state index in [0.717, 1.165) is 25.9 Å². The molecule has 2 fully saturated rings. The zero-order chi connectivity index (χ0) is 15.4. The minimum atomic E-state index is 0.108. The maximum Gasteiger partial charge on any atom is 0.224 e. The Morgan fingerprint density at radius 3 is 2.91 bits per heavy atom. The first-order valence-corrected chi connectivity index (χ1v) is 8.27. The van der Waals surface area contributed by atoms with E-state index in [-0.39, 0.29) is 11.8 Å². The maximum atomic E-state index is 12.4. The highest BCUT2D eigenvalue weighted by Crippen LogP contribution is 2.23. The highest BCUT2D eigenvalue weighted by atomic mass is 16.1. The molecule has 2 N–H and O–H groups in total. The number of hydrogen-bond acceptors (Lipinski definition) is 5. The molecule has 2 aliphatic heterocycles. The smallest absolute Gasteiger partial charge is 0.224 e. The highest BCUT2D eigenvalue weighted by Gasteiger charge is 2.31. The van der Waals surface area contributed by atoms with E-state index in [9.17, 15) is 4.79 Å². The number of piperidine rings is 2. The van der Waals surface area contributed by atoms with E-state index in [1.807, 2.05) is 0 Å². The monoisotopic (exact) mass is 306 g/mol. The number of nitrogens with zero attached hydrogens (tertiary/aromatic N) is 4. The van der Waals surface area contributed by atoms with E-state index in [0.29, 0.717) is 18.4 Å². The van der Waals surface area contributed by atoms with E-state index in [4.69, 9.17) is 0 Å². The van der Waals surface area contributed by atoms with Crippen molar-refractivity contribution in [3.05, 3.63) is 12.2 Å². The first kappa shape index (κ1) is 15.4. The molecule has 0 spiro atoms. The molecule has 7 heteroatoms. The lowest BCUT2D eigenvalue weighted by Crippen LogP contribution is -2.50. The van der Waals surface area contributed by atoms with Gasteiger partial charge in [0.2, 0.25) is 5.91 Å². The van der Waals surface area contributed by atoms with Crippen molar-refractivity contribution in [1.29, 1.82) is 0 Å². The van der Waals surface area contributed by atoms with E-state index >= 15 is 0 Å². The number of H-pyrrole nitrogens is 1. The molecule has 3 rings (SSSR count). The molecule has 1 aromatic heterocycles. The number of hydrogen-bond donors (Lipinski definition) is 2. The highest BCUT2D eigenvalue weighted by molar-refractivity contribution is 5.78. The van der Waals surface area contributed by atoms with Crippen molar-refractivity contribution >= 4 is 5.91 Å². The summed E-state index contributed by atoms with van der Waals surface area (Å²) in [5.41, 5.74) is 0. The van der Waals surface area contributed by atoms with E-state index in [2.05, 4.69) is 37.3 Å². The first-order valence-electron chi connectivity index (χ1n) is 8.27. The van der Waals surface area contributed by atoms with Gasteiger partial charge in [-0.25, -0.2) is 4.98 Å². The number of carbonyl (C=O) groups is 1. The fourth-order valence-corrected chi connectivity index (χ4v) is 3.54. The quantitative estimate of drug-likeness (QED) is 0.832. The SMILES string of the molecule is CN1CCC(N2CCC[C@@H](C(=O)NCc3ncn[nH]3)C2)CC1. The van der Waals surface area contributed by atoms with Gasteiger partial charge in [0.1, 0.15) is 12.2 Å². The third kappa shape index (κ3) is 3.84. The summed E-state index contributed by atoms with van der Waals surface area (Å²) in [7, 11) is 2.19.